The molecule has 20 heavy (non-hydrogen) atoms. The Hall–Kier alpha value is -2.90. The Balaban J connectivity index is 2.44. The highest BCUT2D eigenvalue weighted by molar-refractivity contribution is 5.88. The van der Waals surface area contributed by atoms with Crippen molar-refractivity contribution in [2.24, 2.45) is 0 Å². The lowest BCUT2D eigenvalue weighted by Gasteiger charge is -2.06. The first-order valence-electron chi connectivity index (χ1n) is 5.77. The van der Waals surface area contributed by atoms with E-state index >= 15 is 0 Å². The summed E-state index contributed by atoms with van der Waals surface area (Å²) in [4.78, 5) is 38.4. The molecule has 0 aromatic carbocycles. The zero-order valence-electron chi connectivity index (χ0n) is 10.9. The van der Waals surface area contributed by atoms with Gasteiger partial charge in [0.25, 0.3) is 0 Å². The van der Waals surface area contributed by atoms with Crippen LogP contribution in [-0.2, 0) is 9.59 Å². The van der Waals surface area contributed by atoms with Crippen molar-refractivity contribution in [1.82, 2.24) is 19.9 Å². The predicted molar refractivity (Wildman–Crippen MR) is 71.7 cm³/mol. The second kappa shape index (κ2) is 5.83. The summed E-state index contributed by atoms with van der Waals surface area (Å²) in [6.07, 6.45) is 1.59. The van der Waals surface area contributed by atoms with Crippen molar-refractivity contribution in [3.8, 4) is 11.5 Å². The number of hydrogen-bond donors (Lipinski definition) is 2. The fourth-order valence-corrected chi connectivity index (χ4v) is 1.41. The molecule has 0 atom stereocenters. The lowest BCUT2D eigenvalue weighted by Crippen LogP contribution is -2.15. The summed E-state index contributed by atoms with van der Waals surface area (Å²) in [5.74, 6) is -0.282. The molecule has 2 N–H and O–H groups in total. The van der Waals surface area contributed by atoms with Crippen molar-refractivity contribution in [1.29, 1.82) is 0 Å². The van der Waals surface area contributed by atoms with Gasteiger partial charge >= 0.3 is 0 Å². The zero-order chi connectivity index (χ0) is 14.5. The van der Waals surface area contributed by atoms with Gasteiger partial charge in [-0.1, -0.05) is 6.07 Å². The normalized spacial score (nSPS) is 9.90. The van der Waals surface area contributed by atoms with Crippen LogP contribution in [0.15, 0.2) is 24.4 Å². The lowest BCUT2D eigenvalue weighted by molar-refractivity contribution is -0.115. The van der Waals surface area contributed by atoms with Crippen LogP contribution in [0.5, 0.6) is 0 Å². The van der Waals surface area contributed by atoms with E-state index in [0.717, 1.165) is 0 Å². The Kier molecular flexibility index (Phi) is 3.94. The van der Waals surface area contributed by atoms with E-state index in [9.17, 15) is 9.59 Å². The van der Waals surface area contributed by atoms with Gasteiger partial charge in [-0.05, 0) is 12.1 Å². The molecule has 2 rings (SSSR count). The number of carbonyl (C=O) groups is 2. The number of aromatic nitrogens is 4. The quantitative estimate of drug-likeness (QED) is 0.857. The fourth-order valence-electron chi connectivity index (χ4n) is 1.41. The maximum Gasteiger partial charge on any atom is 0.234 e. The second-order valence-corrected chi connectivity index (χ2v) is 3.88. The molecule has 102 valence electrons. The van der Waals surface area contributed by atoms with Gasteiger partial charge in [-0.2, -0.15) is 15.0 Å². The van der Waals surface area contributed by atoms with Gasteiger partial charge < -0.3 is 0 Å². The van der Waals surface area contributed by atoms with Gasteiger partial charge in [-0.3, -0.25) is 25.2 Å². The first-order valence-corrected chi connectivity index (χ1v) is 5.77. The van der Waals surface area contributed by atoms with E-state index in [1.807, 2.05) is 0 Å². The summed E-state index contributed by atoms with van der Waals surface area (Å²) >= 11 is 0. The van der Waals surface area contributed by atoms with E-state index in [-0.39, 0.29) is 29.5 Å². The Morgan fingerprint density at radius 2 is 1.55 bits per heavy atom. The number of pyridine rings is 1. The van der Waals surface area contributed by atoms with E-state index in [1.54, 1.807) is 24.4 Å². The highest BCUT2D eigenvalue weighted by Crippen LogP contribution is 2.15. The van der Waals surface area contributed by atoms with Crippen LogP contribution in [0.4, 0.5) is 11.9 Å². The van der Waals surface area contributed by atoms with Crippen molar-refractivity contribution < 1.29 is 9.59 Å². The Morgan fingerprint density at radius 3 is 2.00 bits per heavy atom. The summed E-state index contributed by atoms with van der Waals surface area (Å²) in [5.41, 5.74) is 0.508. The lowest BCUT2D eigenvalue weighted by atomic mass is 10.3. The molecule has 0 aliphatic heterocycles. The summed E-state index contributed by atoms with van der Waals surface area (Å²) in [6.45, 7) is 2.67. The maximum atomic E-state index is 11.1. The molecule has 0 saturated carbocycles. The van der Waals surface area contributed by atoms with Crippen LogP contribution in [0.1, 0.15) is 13.8 Å². The fraction of sp³-hybridized carbons (Fsp3) is 0.167. The van der Waals surface area contributed by atoms with Gasteiger partial charge in [0, 0.05) is 20.0 Å². The summed E-state index contributed by atoms with van der Waals surface area (Å²) in [5, 5.41) is 4.90. The van der Waals surface area contributed by atoms with E-state index in [1.165, 1.54) is 13.8 Å². The molecule has 0 unspecified atom stereocenters. The van der Waals surface area contributed by atoms with Gasteiger partial charge in [0.05, 0.1) is 0 Å². The molecule has 8 heteroatoms. The van der Waals surface area contributed by atoms with Gasteiger partial charge in [-0.25, -0.2) is 0 Å². The number of anilines is 2. The summed E-state index contributed by atoms with van der Waals surface area (Å²) in [6, 6.07) is 5.25. The zero-order valence-corrected chi connectivity index (χ0v) is 10.9. The number of nitrogens with one attached hydrogen (secondary N) is 2. The van der Waals surface area contributed by atoms with E-state index in [0.29, 0.717) is 5.69 Å². The van der Waals surface area contributed by atoms with Crippen molar-refractivity contribution >= 4 is 23.7 Å². The largest absolute Gasteiger partial charge is 0.295 e. The van der Waals surface area contributed by atoms with Crippen molar-refractivity contribution in [2.45, 2.75) is 13.8 Å². The molecule has 8 nitrogen and oxygen atoms in total. The van der Waals surface area contributed by atoms with Crippen LogP contribution in [-0.4, -0.2) is 31.8 Å². The van der Waals surface area contributed by atoms with Crippen LogP contribution >= 0.6 is 0 Å². The average molecular weight is 272 g/mol. The molecule has 0 saturated heterocycles. The highest BCUT2D eigenvalue weighted by Gasteiger charge is 2.11. The second-order valence-electron chi connectivity index (χ2n) is 3.88. The highest BCUT2D eigenvalue weighted by atomic mass is 16.2. The Bertz CT molecular complexity index is 609. The van der Waals surface area contributed by atoms with Crippen molar-refractivity contribution in [3.05, 3.63) is 24.4 Å². The molecule has 2 aromatic heterocycles. The minimum absolute atomic E-state index is 0.0527. The molecule has 0 aliphatic rings. The van der Waals surface area contributed by atoms with Gasteiger partial charge in [0.1, 0.15) is 5.69 Å². The van der Waals surface area contributed by atoms with Crippen molar-refractivity contribution in [3.63, 3.8) is 0 Å². The van der Waals surface area contributed by atoms with Gasteiger partial charge in [0.15, 0.2) is 5.82 Å². The van der Waals surface area contributed by atoms with E-state index < -0.39 is 0 Å². The molecule has 0 bridgehead atoms. The number of carbonyl (C=O) groups excluding carboxylic acids is 2. The molecule has 2 amide bonds. The average Bonchev–Trinajstić information content (AvgIpc) is 2.38. The van der Waals surface area contributed by atoms with E-state index in [2.05, 4.69) is 30.6 Å². The molecular weight excluding hydrogens is 260 g/mol. The molecule has 0 spiro atoms. The third-order valence-electron chi connectivity index (χ3n) is 2.11. The molecule has 0 radical (unpaired) electrons. The van der Waals surface area contributed by atoms with Gasteiger partial charge in [-0.15, -0.1) is 0 Å². The first kappa shape index (κ1) is 13.5. The number of hydrogen-bond acceptors (Lipinski definition) is 6. The maximum absolute atomic E-state index is 11.1. The van der Waals surface area contributed by atoms with Crippen LogP contribution in [0.2, 0.25) is 0 Å². The molecule has 0 fully saturated rings. The monoisotopic (exact) mass is 272 g/mol. The standard InChI is InChI=1S/C12H12N6O2/c1-7(19)14-11-16-10(9-5-3-4-6-13-9)17-12(18-11)15-8(2)20/h3-6H,1-2H3,(H2,14,15,16,17,18,19,20). The number of nitrogens with zero attached hydrogens (tertiary/aromatic N) is 4. The first-order chi connectivity index (χ1) is 9.54. The predicted octanol–water partition coefficient (Wildman–Crippen LogP) is 0.850. The van der Waals surface area contributed by atoms with Crippen LogP contribution < -0.4 is 10.6 Å². The SMILES string of the molecule is CC(=O)Nc1nc(NC(C)=O)nc(-c2ccccn2)n1. The number of amides is 2. The van der Waals surface area contributed by atoms with Gasteiger partial charge in [0.2, 0.25) is 23.7 Å². The Morgan fingerprint density at radius 1 is 0.950 bits per heavy atom. The number of rotatable bonds is 3. The molecular formula is C12H12N6O2. The van der Waals surface area contributed by atoms with Crippen molar-refractivity contribution in [2.75, 3.05) is 10.6 Å². The minimum Gasteiger partial charge on any atom is -0.295 e. The van der Waals surface area contributed by atoms with Crippen LogP contribution in [0, 0.1) is 0 Å². The molecule has 2 aromatic rings. The molecule has 0 aliphatic carbocycles. The van der Waals surface area contributed by atoms with E-state index in [4.69, 9.17) is 0 Å². The smallest absolute Gasteiger partial charge is 0.234 e. The minimum atomic E-state index is -0.322. The van der Waals surface area contributed by atoms with Crippen LogP contribution in [0.3, 0.4) is 0 Å². The van der Waals surface area contributed by atoms with Crippen LogP contribution in [0.25, 0.3) is 11.5 Å². The topological polar surface area (TPSA) is 110 Å². The Labute approximate surface area is 114 Å². The third-order valence-corrected chi connectivity index (χ3v) is 2.11. The summed E-state index contributed by atoms with van der Waals surface area (Å²) in [7, 11) is 0. The third kappa shape index (κ3) is 3.55. The molecule has 2 heterocycles. The summed E-state index contributed by atoms with van der Waals surface area (Å²) < 4.78 is 0.